The maximum Gasteiger partial charge on any atom is 0.254 e. The quantitative estimate of drug-likeness (QED) is 0.356. The van der Waals surface area contributed by atoms with Crippen molar-refractivity contribution in [2.75, 3.05) is 40.0 Å². The van der Waals surface area contributed by atoms with Crippen LogP contribution in [0.5, 0.6) is 5.75 Å². The van der Waals surface area contributed by atoms with E-state index in [1.807, 2.05) is 48.2 Å². The first-order valence-corrected chi connectivity index (χ1v) is 13.7. The number of benzene rings is 2. The van der Waals surface area contributed by atoms with Crippen molar-refractivity contribution in [3.63, 3.8) is 0 Å². The second-order valence-corrected chi connectivity index (χ2v) is 10.8. The molecule has 1 aliphatic heterocycles. The van der Waals surface area contributed by atoms with Crippen molar-refractivity contribution >= 4 is 23.2 Å². The van der Waals surface area contributed by atoms with Crippen molar-refractivity contribution in [2.24, 2.45) is 0 Å². The van der Waals surface area contributed by atoms with E-state index in [9.17, 15) is 9.59 Å². The lowest BCUT2D eigenvalue weighted by atomic mass is 10.00. The molecule has 2 amide bonds. The molecule has 0 fully saturated rings. The number of carbonyl (C=O) groups excluding carboxylic acids is 2. The number of nitrogens with zero attached hydrogens (tertiary/aromatic N) is 2. The van der Waals surface area contributed by atoms with Gasteiger partial charge in [-0.3, -0.25) is 9.59 Å². The highest BCUT2D eigenvalue weighted by atomic mass is 32.1. The van der Waals surface area contributed by atoms with Crippen molar-refractivity contribution in [2.45, 2.75) is 39.2 Å². The van der Waals surface area contributed by atoms with Gasteiger partial charge in [-0.05, 0) is 66.1 Å². The summed E-state index contributed by atoms with van der Waals surface area (Å²) in [5, 5.41) is 2.08. The first kappa shape index (κ1) is 26.9. The highest BCUT2D eigenvalue weighted by molar-refractivity contribution is 7.10. The fourth-order valence-corrected chi connectivity index (χ4v) is 5.51. The van der Waals surface area contributed by atoms with E-state index in [1.54, 1.807) is 23.3 Å². The highest BCUT2D eigenvalue weighted by Gasteiger charge is 2.33. The summed E-state index contributed by atoms with van der Waals surface area (Å²) in [7, 11) is 1.60. The predicted molar refractivity (Wildman–Crippen MR) is 147 cm³/mol. The molecule has 0 bridgehead atoms. The minimum atomic E-state index is -0.203. The minimum absolute atomic E-state index is 0.00484. The first-order chi connectivity index (χ1) is 17.9. The van der Waals surface area contributed by atoms with E-state index < -0.39 is 0 Å². The molecule has 6 nitrogen and oxygen atoms in total. The van der Waals surface area contributed by atoms with Crippen LogP contribution >= 0.6 is 11.3 Å². The summed E-state index contributed by atoms with van der Waals surface area (Å²) in [5.74, 6) is 0.988. The average Bonchev–Trinajstić information content (AvgIpc) is 3.39. The lowest BCUT2D eigenvalue weighted by Gasteiger charge is -2.37. The monoisotopic (exact) mass is 520 g/mol. The SMILES string of the molecule is COCCN(CC(=O)N1CCc2sccc2[C@@H]1COc1ccc(C(C)C)cc1)C(=O)c1ccc(C)cc1. The Labute approximate surface area is 223 Å². The number of methoxy groups -OCH3 is 1. The van der Waals surface area contributed by atoms with Crippen LogP contribution in [0.1, 0.15) is 57.7 Å². The lowest BCUT2D eigenvalue weighted by molar-refractivity contribution is -0.135. The van der Waals surface area contributed by atoms with E-state index in [1.165, 1.54) is 10.4 Å². The lowest BCUT2D eigenvalue weighted by Crippen LogP contribution is -2.48. The fraction of sp³-hybridized carbons (Fsp3) is 0.400. The molecule has 4 rings (SSSR count). The van der Waals surface area contributed by atoms with Crippen LogP contribution in [0, 0.1) is 6.92 Å². The molecule has 0 saturated carbocycles. The molecular weight excluding hydrogens is 484 g/mol. The number of hydrogen-bond acceptors (Lipinski definition) is 5. The summed E-state index contributed by atoms with van der Waals surface area (Å²) < 4.78 is 11.4. The minimum Gasteiger partial charge on any atom is -0.491 e. The molecule has 3 aromatic rings. The summed E-state index contributed by atoms with van der Waals surface area (Å²) in [5.41, 5.74) is 4.05. The molecule has 7 heteroatoms. The van der Waals surface area contributed by atoms with Crippen LogP contribution in [-0.4, -0.2) is 61.6 Å². The summed E-state index contributed by atoms with van der Waals surface area (Å²) in [6.45, 7) is 7.97. The van der Waals surface area contributed by atoms with Gasteiger partial charge >= 0.3 is 0 Å². The van der Waals surface area contributed by atoms with Crippen LogP contribution in [0.25, 0.3) is 0 Å². The maximum atomic E-state index is 13.7. The summed E-state index contributed by atoms with van der Waals surface area (Å²) in [6, 6.07) is 17.5. The molecule has 2 heterocycles. The van der Waals surface area contributed by atoms with Crippen LogP contribution in [0.4, 0.5) is 0 Å². The molecule has 196 valence electrons. The van der Waals surface area contributed by atoms with Gasteiger partial charge in [0.2, 0.25) is 5.91 Å². The van der Waals surface area contributed by atoms with Gasteiger partial charge in [-0.1, -0.05) is 43.7 Å². The molecule has 0 radical (unpaired) electrons. The largest absolute Gasteiger partial charge is 0.491 e. The predicted octanol–water partition coefficient (Wildman–Crippen LogP) is 5.47. The number of ether oxygens (including phenoxy) is 2. The zero-order chi connectivity index (χ0) is 26.4. The van der Waals surface area contributed by atoms with Crippen molar-refractivity contribution in [1.29, 1.82) is 0 Å². The van der Waals surface area contributed by atoms with E-state index in [0.29, 0.717) is 37.8 Å². The third kappa shape index (κ3) is 6.59. The van der Waals surface area contributed by atoms with E-state index in [4.69, 9.17) is 9.47 Å². The van der Waals surface area contributed by atoms with Crippen molar-refractivity contribution in [3.05, 3.63) is 87.1 Å². The van der Waals surface area contributed by atoms with Gasteiger partial charge in [-0.15, -0.1) is 11.3 Å². The molecule has 0 saturated heterocycles. The van der Waals surface area contributed by atoms with Gasteiger partial charge in [-0.2, -0.15) is 0 Å². The Bertz CT molecular complexity index is 1190. The van der Waals surface area contributed by atoms with Crippen LogP contribution in [0.3, 0.4) is 0 Å². The number of aryl methyl sites for hydroxylation is 1. The third-order valence-electron chi connectivity index (χ3n) is 6.85. The van der Waals surface area contributed by atoms with Gasteiger partial charge in [-0.25, -0.2) is 0 Å². The Morgan fingerprint density at radius 3 is 2.49 bits per heavy atom. The van der Waals surface area contributed by atoms with Crippen LogP contribution < -0.4 is 4.74 Å². The van der Waals surface area contributed by atoms with Gasteiger partial charge in [0.1, 0.15) is 18.9 Å². The number of hydrogen-bond donors (Lipinski definition) is 0. The average molecular weight is 521 g/mol. The van der Waals surface area contributed by atoms with Gasteiger partial charge in [0.15, 0.2) is 0 Å². The summed E-state index contributed by atoms with van der Waals surface area (Å²) >= 11 is 1.72. The van der Waals surface area contributed by atoms with Crippen molar-refractivity contribution in [1.82, 2.24) is 9.80 Å². The molecule has 0 N–H and O–H groups in total. The number of amides is 2. The van der Waals surface area contributed by atoms with Gasteiger partial charge in [0, 0.05) is 30.6 Å². The number of rotatable bonds is 10. The van der Waals surface area contributed by atoms with Crippen molar-refractivity contribution in [3.8, 4) is 5.75 Å². The molecule has 0 aliphatic carbocycles. The molecule has 1 aliphatic rings. The van der Waals surface area contributed by atoms with E-state index >= 15 is 0 Å². The molecule has 1 atom stereocenters. The van der Waals surface area contributed by atoms with Crippen LogP contribution in [0.2, 0.25) is 0 Å². The number of fused-ring (bicyclic) bond motifs is 1. The Hall–Kier alpha value is -3.16. The van der Waals surface area contributed by atoms with Crippen molar-refractivity contribution < 1.29 is 19.1 Å². The van der Waals surface area contributed by atoms with Gasteiger partial charge in [0.05, 0.1) is 12.6 Å². The third-order valence-corrected chi connectivity index (χ3v) is 7.84. The van der Waals surface area contributed by atoms with Gasteiger partial charge < -0.3 is 19.3 Å². The number of carbonyl (C=O) groups is 2. The molecule has 1 aromatic heterocycles. The second kappa shape index (κ2) is 12.4. The van der Waals surface area contributed by atoms with Gasteiger partial charge in [0.25, 0.3) is 5.91 Å². The fourth-order valence-electron chi connectivity index (χ4n) is 4.59. The molecule has 2 aromatic carbocycles. The Kier molecular flexibility index (Phi) is 9.00. The molecule has 37 heavy (non-hydrogen) atoms. The zero-order valence-corrected chi connectivity index (χ0v) is 22.9. The van der Waals surface area contributed by atoms with E-state index in [2.05, 4.69) is 37.4 Å². The van der Waals surface area contributed by atoms with Crippen LogP contribution in [0.15, 0.2) is 60.0 Å². The molecule has 0 spiro atoms. The first-order valence-electron chi connectivity index (χ1n) is 12.8. The molecule has 0 unspecified atom stereocenters. The normalized spacial score (nSPS) is 14.9. The topological polar surface area (TPSA) is 59.1 Å². The Morgan fingerprint density at radius 1 is 1.08 bits per heavy atom. The standard InChI is InChI=1S/C30H36N2O4S/c1-21(2)23-9-11-25(12-10-23)36-20-27-26-14-18-37-28(26)13-15-32(27)29(33)19-31(16-17-35-4)30(34)24-7-5-22(3)6-8-24/h5-12,14,18,21,27H,13,15-17,19-20H2,1-4H3/t27-/m0/s1. The second-order valence-electron chi connectivity index (χ2n) is 9.77. The maximum absolute atomic E-state index is 13.7. The van der Waals surface area contributed by atoms with E-state index in [-0.39, 0.29) is 24.4 Å². The Morgan fingerprint density at radius 2 is 1.81 bits per heavy atom. The van der Waals surface area contributed by atoms with E-state index in [0.717, 1.165) is 23.3 Å². The molecular formula is C30H36N2O4S. The zero-order valence-electron chi connectivity index (χ0n) is 22.1. The Balaban J connectivity index is 1.50. The van der Waals surface area contributed by atoms with Crippen LogP contribution in [-0.2, 0) is 16.0 Å². The smallest absolute Gasteiger partial charge is 0.254 e. The summed E-state index contributed by atoms with van der Waals surface area (Å²) in [4.78, 5) is 31.7. The number of thiophene rings is 1. The highest BCUT2D eigenvalue weighted by Crippen LogP contribution is 2.34. The summed E-state index contributed by atoms with van der Waals surface area (Å²) in [6.07, 6.45) is 0.808.